The Morgan fingerprint density at radius 1 is 0.680 bits per heavy atom. The van der Waals surface area contributed by atoms with E-state index in [2.05, 4.69) is 95.3 Å². The number of thioether (sulfide) groups is 3. The molecule has 0 heterocycles. The molecule has 0 aliphatic carbocycles. The lowest BCUT2D eigenvalue weighted by Gasteiger charge is -2.21. The molecule has 0 fully saturated rings. The van der Waals surface area contributed by atoms with E-state index in [1.165, 1.54) is 11.5 Å². The van der Waals surface area contributed by atoms with Crippen LogP contribution < -0.4 is 0 Å². The Morgan fingerprint density at radius 3 is 1.24 bits per heavy atom. The van der Waals surface area contributed by atoms with E-state index in [0.717, 1.165) is 51.8 Å². The lowest BCUT2D eigenvalue weighted by atomic mass is 10.00. The lowest BCUT2D eigenvalue weighted by Crippen LogP contribution is -2.22. The largest absolute Gasteiger partial charge is 0.179 e. The van der Waals surface area contributed by atoms with Crippen LogP contribution >= 0.6 is 124 Å². The highest BCUT2D eigenvalue weighted by atomic mass is 32.2. The molecule has 0 nitrogen and oxygen atoms in total. The Hall–Kier alpha value is 3.50. The predicted octanol–water partition coefficient (Wildman–Crippen LogP) is 5.42. The van der Waals surface area contributed by atoms with Gasteiger partial charge in [-0.1, -0.05) is 6.92 Å². The first-order chi connectivity index (χ1) is 12.0. The fourth-order valence-corrected chi connectivity index (χ4v) is 7.63. The molecule has 0 rings (SSSR count). The minimum absolute atomic E-state index is 0.218. The normalized spacial score (nSPS) is 13.9. The highest BCUT2D eigenvalue weighted by molar-refractivity contribution is 8.05. The van der Waals surface area contributed by atoms with Gasteiger partial charge in [0.2, 0.25) is 0 Å². The Kier molecular flexibility index (Phi) is 27.2. The van der Waals surface area contributed by atoms with Crippen LogP contribution in [0.1, 0.15) is 6.92 Å². The van der Waals surface area contributed by atoms with E-state index >= 15 is 0 Å². The molecule has 0 aromatic carbocycles. The van der Waals surface area contributed by atoms with Gasteiger partial charge >= 0.3 is 0 Å². The molecule has 2 atom stereocenters. The van der Waals surface area contributed by atoms with Crippen molar-refractivity contribution in [2.75, 3.05) is 63.3 Å². The quantitative estimate of drug-likeness (QED) is 0.140. The number of rotatable bonds is 15. The summed E-state index contributed by atoms with van der Waals surface area (Å²) in [6.07, 6.45) is 0. The molecule has 0 N–H and O–H groups in total. The standard InChI is InChI=1S/C10H22S7.C5H12S3/c11-1-3-16-9(5-13)7-15-8-10(6-14)17-4-2-12;1-5(2-6,3-7)4-8/h9-14H,1-8H2;6-8H,2-4H2,1H3. The Morgan fingerprint density at radius 2 is 1.04 bits per heavy atom. The molecule has 0 aromatic rings. The van der Waals surface area contributed by atoms with Crippen molar-refractivity contribution in [1.29, 1.82) is 0 Å². The van der Waals surface area contributed by atoms with Crippen molar-refractivity contribution in [2.24, 2.45) is 5.41 Å². The van der Waals surface area contributed by atoms with Gasteiger partial charge in [0.1, 0.15) is 0 Å². The summed E-state index contributed by atoms with van der Waals surface area (Å²) in [5.74, 6) is 11.0. The number of hydrogen-bond acceptors (Lipinski definition) is 10. The van der Waals surface area contributed by atoms with E-state index < -0.39 is 0 Å². The first-order valence-electron chi connectivity index (χ1n) is 8.03. The zero-order valence-electron chi connectivity index (χ0n) is 14.8. The van der Waals surface area contributed by atoms with Gasteiger partial charge in [0, 0.05) is 45.0 Å². The van der Waals surface area contributed by atoms with Crippen molar-refractivity contribution in [2.45, 2.75) is 17.4 Å². The summed E-state index contributed by atoms with van der Waals surface area (Å²) >= 11 is 35.8. The molecule has 0 aromatic heterocycles. The molecular formula is C15H34S10. The first-order valence-corrected chi connectivity index (χ1v) is 15.7. The van der Waals surface area contributed by atoms with E-state index in [1.54, 1.807) is 0 Å². The summed E-state index contributed by atoms with van der Waals surface area (Å²) in [6.45, 7) is 2.12. The Balaban J connectivity index is 0. The first kappa shape index (κ1) is 30.7. The van der Waals surface area contributed by atoms with Crippen molar-refractivity contribution in [3.05, 3.63) is 0 Å². The molecule has 2 unspecified atom stereocenters. The SMILES string of the molecule is CC(CS)(CS)CS.SCCSC(CS)CSCC(CS)SCCS. The van der Waals surface area contributed by atoms with Crippen molar-refractivity contribution in [3.63, 3.8) is 0 Å². The maximum absolute atomic E-state index is 4.40. The molecular weight excluding hydrogens is 501 g/mol. The second kappa shape index (κ2) is 22.2. The van der Waals surface area contributed by atoms with Gasteiger partial charge in [-0.25, -0.2) is 0 Å². The van der Waals surface area contributed by atoms with Crippen molar-refractivity contribution in [3.8, 4) is 0 Å². The molecule has 10 heteroatoms. The zero-order chi connectivity index (χ0) is 19.6. The third-order valence-corrected chi connectivity index (χ3v) is 12.0. The van der Waals surface area contributed by atoms with E-state index in [-0.39, 0.29) is 5.41 Å². The van der Waals surface area contributed by atoms with Gasteiger partial charge in [0.25, 0.3) is 0 Å². The molecule has 0 aliphatic rings. The van der Waals surface area contributed by atoms with Crippen LogP contribution in [0.25, 0.3) is 0 Å². The predicted molar refractivity (Wildman–Crippen MR) is 155 cm³/mol. The van der Waals surface area contributed by atoms with Crippen molar-refractivity contribution in [1.82, 2.24) is 0 Å². The zero-order valence-corrected chi connectivity index (χ0v) is 23.5. The van der Waals surface area contributed by atoms with Gasteiger partial charge in [-0.15, -0.1) is 0 Å². The van der Waals surface area contributed by atoms with Gasteiger partial charge in [0.05, 0.1) is 0 Å². The van der Waals surface area contributed by atoms with Crippen molar-refractivity contribution < 1.29 is 0 Å². The average Bonchev–Trinajstić information content (AvgIpc) is 2.66. The number of hydrogen-bond donors (Lipinski definition) is 7. The Labute approximate surface area is 207 Å². The summed E-state index contributed by atoms with van der Waals surface area (Å²) in [6, 6.07) is 0. The summed E-state index contributed by atoms with van der Waals surface area (Å²) in [5.41, 5.74) is 0.218. The van der Waals surface area contributed by atoms with Gasteiger partial charge in [-0.05, 0) is 34.2 Å². The topological polar surface area (TPSA) is 0 Å². The fraction of sp³-hybridized carbons (Fsp3) is 1.00. The summed E-state index contributed by atoms with van der Waals surface area (Å²) < 4.78 is 0. The second-order valence-corrected chi connectivity index (χ2v) is 12.1. The molecule has 154 valence electrons. The maximum atomic E-state index is 4.40. The van der Waals surface area contributed by atoms with Crippen LogP contribution in [0.5, 0.6) is 0 Å². The van der Waals surface area contributed by atoms with E-state index in [4.69, 9.17) is 0 Å². The van der Waals surface area contributed by atoms with Gasteiger partial charge in [0.15, 0.2) is 0 Å². The fourth-order valence-electron chi connectivity index (χ4n) is 1.23. The van der Waals surface area contributed by atoms with Crippen LogP contribution in [0, 0.1) is 5.41 Å². The Bertz CT molecular complexity index is 238. The molecule has 25 heavy (non-hydrogen) atoms. The van der Waals surface area contributed by atoms with Crippen LogP contribution in [0.4, 0.5) is 0 Å². The molecule has 0 spiro atoms. The lowest BCUT2D eigenvalue weighted by molar-refractivity contribution is 0.508. The summed E-state index contributed by atoms with van der Waals surface area (Å²) in [7, 11) is 0. The van der Waals surface area contributed by atoms with Gasteiger partial charge in [-0.2, -0.15) is 124 Å². The number of thiol groups is 7. The van der Waals surface area contributed by atoms with Gasteiger partial charge < -0.3 is 0 Å². The molecule has 0 saturated carbocycles. The second-order valence-electron chi connectivity index (χ2n) is 5.62. The highest BCUT2D eigenvalue weighted by Gasteiger charge is 2.17. The van der Waals surface area contributed by atoms with E-state index in [1.807, 2.05) is 35.3 Å². The van der Waals surface area contributed by atoms with Gasteiger partial charge in [-0.3, -0.25) is 0 Å². The molecule has 0 radical (unpaired) electrons. The van der Waals surface area contributed by atoms with Crippen LogP contribution in [-0.2, 0) is 0 Å². The molecule has 0 saturated heterocycles. The monoisotopic (exact) mass is 534 g/mol. The smallest absolute Gasteiger partial charge is 0.0226 e. The van der Waals surface area contributed by atoms with Crippen molar-refractivity contribution >= 4 is 124 Å². The average molecular weight is 535 g/mol. The summed E-state index contributed by atoms with van der Waals surface area (Å²) in [4.78, 5) is 0. The minimum atomic E-state index is 0.218. The summed E-state index contributed by atoms with van der Waals surface area (Å²) in [5, 5.41) is 1.32. The van der Waals surface area contributed by atoms with Crippen LogP contribution in [0.2, 0.25) is 0 Å². The molecule has 0 bridgehead atoms. The van der Waals surface area contributed by atoms with Crippen LogP contribution in [0.3, 0.4) is 0 Å². The third kappa shape index (κ3) is 19.2. The van der Waals surface area contributed by atoms with E-state index in [0.29, 0.717) is 10.5 Å². The minimum Gasteiger partial charge on any atom is -0.179 e. The van der Waals surface area contributed by atoms with Crippen LogP contribution in [0.15, 0.2) is 0 Å². The molecule has 0 amide bonds. The highest BCUT2D eigenvalue weighted by Crippen LogP contribution is 2.23. The maximum Gasteiger partial charge on any atom is 0.0226 e. The van der Waals surface area contributed by atoms with E-state index in [9.17, 15) is 0 Å². The molecule has 0 aliphatic heterocycles. The van der Waals surface area contributed by atoms with Crippen LogP contribution in [-0.4, -0.2) is 73.8 Å². The third-order valence-electron chi connectivity index (χ3n) is 3.05.